The molecule has 1 aromatic carbocycles. The molecule has 1 amide bonds. The van der Waals surface area contributed by atoms with E-state index in [1.54, 1.807) is 17.2 Å². The van der Waals surface area contributed by atoms with Crippen molar-refractivity contribution in [3.63, 3.8) is 0 Å². The van der Waals surface area contributed by atoms with Crippen LogP contribution in [0.5, 0.6) is 17.6 Å². The van der Waals surface area contributed by atoms with Gasteiger partial charge < -0.3 is 28.9 Å². The standard InChI is InChI=1S/C27H28ClFN8O4/c1-4-21(38)36-7-9-37(10-8-36)25-15-5-6-30-26(41-24-16-12-31-34-18(16)11-17(29)22(24)28)23(15)32-27(33-25)40-20-14-39-13-19(20)35(2)3/h4-6,11-12,19-20H,1,7-10,13-14H2,2-3H3,(H,31,34)/t19-,20-/m1/s1. The van der Waals surface area contributed by atoms with Gasteiger partial charge in [-0.2, -0.15) is 15.1 Å². The number of ether oxygens (including phenoxy) is 3. The van der Waals surface area contributed by atoms with Crippen LogP contribution in [0, 0.1) is 5.82 Å². The van der Waals surface area contributed by atoms with Gasteiger partial charge in [0, 0.05) is 38.4 Å². The number of aromatic nitrogens is 5. The van der Waals surface area contributed by atoms with Crippen molar-refractivity contribution in [3.05, 3.63) is 48.0 Å². The number of piperazine rings is 1. The van der Waals surface area contributed by atoms with Gasteiger partial charge in [0.2, 0.25) is 11.8 Å². The summed E-state index contributed by atoms with van der Waals surface area (Å²) in [5, 5.41) is 7.65. The Balaban J connectivity index is 1.43. The van der Waals surface area contributed by atoms with Crippen molar-refractivity contribution in [3.8, 4) is 17.6 Å². The maximum Gasteiger partial charge on any atom is 0.319 e. The Morgan fingerprint density at radius 1 is 1.24 bits per heavy atom. The summed E-state index contributed by atoms with van der Waals surface area (Å²) in [6, 6.07) is 3.17. The molecule has 2 saturated heterocycles. The number of likely N-dealkylation sites (N-methyl/N-ethyl adjacent to an activating group) is 1. The number of amides is 1. The molecule has 0 aliphatic carbocycles. The predicted octanol–water partition coefficient (Wildman–Crippen LogP) is 3.03. The van der Waals surface area contributed by atoms with Crippen molar-refractivity contribution >= 4 is 45.1 Å². The number of nitrogens with zero attached hydrogens (tertiary/aromatic N) is 7. The molecule has 4 aromatic rings. The summed E-state index contributed by atoms with van der Waals surface area (Å²) in [5.74, 6) is -0.0256. The van der Waals surface area contributed by atoms with E-state index >= 15 is 0 Å². The fourth-order valence-corrected chi connectivity index (χ4v) is 5.28. The second kappa shape index (κ2) is 11.1. The summed E-state index contributed by atoms with van der Waals surface area (Å²) in [5.41, 5.74) is 0.777. The molecular weight excluding hydrogens is 555 g/mol. The van der Waals surface area contributed by atoms with Crippen molar-refractivity contribution in [1.82, 2.24) is 34.9 Å². The summed E-state index contributed by atoms with van der Waals surface area (Å²) in [7, 11) is 3.92. The molecule has 3 aromatic heterocycles. The molecule has 5 heterocycles. The van der Waals surface area contributed by atoms with E-state index in [1.807, 2.05) is 19.0 Å². The first-order valence-electron chi connectivity index (χ1n) is 13.1. The van der Waals surface area contributed by atoms with Crippen molar-refractivity contribution in [2.24, 2.45) is 0 Å². The Bertz CT molecular complexity index is 1620. The number of hydrogen-bond acceptors (Lipinski definition) is 10. The number of halogens is 2. The van der Waals surface area contributed by atoms with Gasteiger partial charge in [-0.1, -0.05) is 18.2 Å². The number of rotatable bonds is 7. The van der Waals surface area contributed by atoms with Crippen LogP contribution in [0.4, 0.5) is 10.2 Å². The topological polar surface area (TPSA) is 122 Å². The summed E-state index contributed by atoms with van der Waals surface area (Å²) in [6.07, 6.45) is 4.08. The zero-order chi connectivity index (χ0) is 28.7. The average molecular weight is 583 g/mol. The highest BCUT2D eigenvalue weighted by Gasteiger charge is 2.33. The number of anilines is 1. The number of benzene rings is 1. The first kappa shape index (κ1) is 27.1. The van der Waals surface area contributed by atoms with Gasteiger partial charge >= 0.3 is 6.01 Å². The predicted molar refractivity (Wildman–Crippen MR) is 150 cm³/mol. The lowest BCUT2D eigenvalue weighted by Gasteiger charge is -2.35. The molecule has 214 valence electrons. The minimum atomic E-state index is -0.666. The highest BCUT2D eigenvalue weighted by atomic mass is 35.5. The van der Waals surface area contributed by atoms with Crippen molar-refractivity contribution in [2.45, 2.75) is 12.1 Å². The number of nitrogens with one attached hydrogen (secondary N) is 1. The monoisotopic (exact) mass is 582 g/mol. The van der Waals surface area contributed by atoms with E-state index in [0.29, 0.717) is 67.0 Å². The average Bonchev–Trinajstić information content (AvgIpc) is 3.64. The Morgan fingerprint density at radius 3 is 2.80 bits per heavy atom. The molecule has 2 atom stereocenters. The van der Waals surface area contributed by atoms with Crippen LogP contribution < -0.4 is 14.4 Å². The minimum absolute atomic E-state index is 0.0105. The third-order valence-corrected chi connectivity index (χ3v) is 7.67. The molecule has 0 radical (unpaired) electrons. The molecular formula is C27H28ClFN8O4. The van der Waals surface area contributed by atoms with E-state index in [-0.39, 0.29) is 40.7 Å². The molecule has 14 heteroatoms. The van der Waals surface area contributed by atoms with Gasteiger partial charge in [-0.3, -0.25) is 9.89 Å². The molecule has 0 bridgehead atoms. The molecule has 1 N–H and O–H groups in total. The molecule has 0 unspecified atom stereocenters. The molecule has 2 fully saturated rings. The van der Waals surface area contributed by atoms with E-state index in [9.17, 15) is 9.18 Å². The van der Waals surface area contributed by atoms with Crippen molar-refractivity contribution in [2.75, 3.05) is 58.4 Å². The lowest BCUT2D eigenvalue weighted by Crippen LogP contribution is -2.48. The quantitative estimate of drug-likeness (QED) is 0.325. The van der Waals surface area contributed by atoms with Gasteiger partial charge in [0.15, 0.2) is 5.75 Å². The molecule has 41 heavy (non-hydrogen) atoms. The number of carbonyl (C=O) groups is 1. The Morgan fingerprint density at radius 2 is 2.05 bits per heavy atom. The van der Waals surface area contributed by atoms with Gasteiger partial charge in [0.05, 0.1) is 41.7 Å². The van der Waals surface area contributed by atoms with Crippen LogP contribution in [0.25, 0.3) is 21.8 Å². The van der Waals surface area contributed by atoms with E-state index in [4.69, 9.17) is 35.8 Å². The molecule has 6 rings (SSSR count). The second-order valence-corrected chi connectivity index (χ2v) is 10.4. The van der Waals surface area contributed by atoms with Gasteiger partial charge in [0.25, 0.3) is 0 Å². The second-order valence-electron chi connectivity index (χ2n) is 10.0. The summed E-state index contributed by atoms with van der Waals surface area (Å²) in [6.45, 7) is 6.55. The van der Waals surface area contributed by atoms with Crippen LogP contribution in [-0.4, -0.2) is 106 Å². The van der Waals surface area contributed by atoms with Crippen LogP contribution in [0.15, 0.2) is 37.2 Å². The third-order valence-electron chi connectivity index (χ3n) is 7.32. The first-order chi connectivity index (χ1) is 19.8. The Hall–Kier alpha value is -4.07. The van der Waals surface area contributed by atoms with Crippen molar-refractivity contribution < 1.29 is 23.4 Å². The fourth-order valence-electron chi connectivity index (χ4n) is 5.08. The normalized spacial score (nSPS) is 19.3. The zero-order valence-electron chi connectivity index (χ0n) is 22.5. The highest BCUT2D eigenvalue weighted by molar-refractivity contribution is 6.33. The zero-order valence-corrected chi connectivity index (χ0v) is 23.3. The van der Waals surface area contributed by atoms with E-state index in [1.165, 1.54) is 18.3 Å². The minimum Gasteiger partial charge on any atom is -0.456 e. The molecule has 0 saturated carbocycles. The summed E-state index contributed by atoms with van der Waals surface area (Å²) in [4.78, 5) is 31.9. The van der Waals surface area contributed by atoms with Gasteiger partial charge in [-0.25, -0.2) is 9.37 Å². The number of pyridine rings is 1. The molecule has 12 nitrogen and oxygen atoms in total. The maximum atomic E-state index is 14.6. The number of aromatic amines is 1. The van der Waals surface area contributed by atoms with E-state index in [0.717, 1.165) is 0 Å². The van der Waals surface area contributed by atoms with Crippen LogP contribution in [0.3, 0.4) is 0 Å². The smallest absolute Gasteiger partial charge is 0.319 e. The third kappa shape index (κ3) is 5.11. The van der Waals surface area contributed by atoms with Crippen molar-refractivity contribution in [1.29, 1.82) is 0 Å². The Kier molecular flexibility index (Phi) is 7.32. The van der Waals surface area contributed by atoms with Crippen LogP contribution in [0.2, 0.25) is 5.02 Å². The van der Waals surface area contributed by atoms with Gasteiger partial charge in [0.1, 0.15) is 28.3 Å². The van der Waals surface area contributed by atoms with Crippen LogP contribution in [-0.2, 0) is 9.53 Å². The SMILES string of the molecule is C=CC(=O)N1CCN(c2nc(O[C@@H]3COC[C@H]3N(C)C)nc3c(Oc4c(Cl)c(F)cc5[nH]ncc45)nccc23)CC1. The fraction of sp³-hybridized carbons (Fsp3) is 0.370. The molecule has 2 aliphatic heterocycles. The highest BCUT2D eigenvalue weighted by Crippen LogP contribution is 2.40. The van der Waals surface area contributed by atoms with Gasteiger partial charge in [-0.15, -0.1) is 0 Å². The lowest BCUT2D eigenvalue weighted by atomic mass is 10.2. The summed E-state index contributed by atoms with van der Waals surface area (Å²) < 4.78 is 32.8. The molecule has 0 spiro atoms. The maximum absolute atomic E-state index is 14.6. The molecule has 2 aliphatic rings. The first-order valence-corrected chi connectivity index (χ1v) is 13.4. The number of carbonyl (C=O) groups excluding carboxylic acids is 1. The Labute approximate surface area is 239 Å². The van der Waals surface area contributed by atoms with E-state index in [2.05, 4.69) is 26.7 Å². The van der Waals surface area contributed by atoms with E-state index < -0.39 is 5.82 Å². The summed E-state index contributed by atoms with van der Waals surface area (Å²) >= 11 is 6.33. The largest absolute Gasteiger partial charge is 0.456 e. The van der Waals surface area contributed by atoms with Gasteiger partial charge in [-0.05, 0) is 26.2 Å². The van der Waals surface area contributed by atoms with Crippen LogP contribution in [0.1, 0.15) is 0 Å². The number of hydrogen-bond donors (Lipinski definition) is 1. The number of fused-ring (bicyclic) bond motifs is 2. The number of H-pyrrole nitrogens is 1. The van der Waals surface area contributed by atoms with Crippen LogP contribution >= 0.6 is 11.6 Å². The lowest BCUT2D eigenvalue weighted by molar-refractivity contribution is -0.126.